The van der Waals surface area contributed by atoms with Gasteiger partial charge in [-0.05, 0) is 43.3 Å². The molecule has 3 nitrogen and oxygen atoms in total. The Morgan fingerprint density at radius 1 is 1.12 bits per heavy atom. The Kier molecular flexibility index (Phi) is 4.58. The first-order valence-electron chi connectivity index (χ1n) is 7.32. The summed E-state index contributed by atoms with van der Waals surface area (Å²) in [6.07, 6.45) is 1.51. The molecule has 0 atom stereocenters. The first-order chi connectivity index (χ1) is 11.5. The molecular formula is C19H14ClFN2O. The zero-order valence-corrected chi connectivity index (χ0v) is 13.6. The van der Waals surface area contributed by atoms with Crippen molar-refractivity contribution in [2.45, 2.75) is 6.92 Å². The van der Waals surface area contributed by atoms with Gasteiger partial charge in [0.15, 0.2) is 0 Å². The first kappa shape index (κ1) is 16.1. The van der Waals surface area contributed by atoms with Crippen molar-refractivity contribution in [1.82, 2.24) is 4.98 Å². The maximum absolute atomic E-state index is 13.1. The topological polar surface area (TPSA) is 42.0 Å². The van der Waals surface area contributed by atoms with Gasteiger partial charge in [-0.15, -0.1) is 0 Å². The number of halogens is 2. The van der Waals surface area contributed by atoms with Crippen molar-refractivity contribution in [3.63, 3.8) is 0 Å². The lowest BCUT2D eigenvalue weighted by atomic mass is 10.1. The summed E-state index contributed by atoms with van der Waals surface area (Å²) in [7, 11) is 0. The summed E-state index contributed by atoms with van der Waals surface area (Å²) in [5.74, 6) is -0.861. The quantitative estimate of drug-likeness (QED) is 0.720. The number of hydrogen-bond donors (Lipinski definition) is 1. The Balaban J connectivity index is 1.77. The van der Waals surface area contributed by atoms with Crippen LogP contribution in [0.5, 0.6) is 0 Å². The number of nitrogens with zero attached hydrogens (tertiary/aromatic N) is 1. The maximum Gasteiger partial charge on any atom is 0.257 e. The van der Waals surface area contributed by atoms with Gasteiger partial charge in [0.2, 0.25) is 0 Å². The molecule has 1 N–H and O–H groups in total. The molecular weight excluding hydrogens is 327 g/mol. The maximum atomic E-state index is 13.1. The molecule has 0 aliphatic carbocycles. The van der Waals surface area contributed by atoms with E-state index in [1.807, 2.05) is 31.2 Å². The van der Waals surface area contributed by atoms with E-state index in [2.05, 4.69) is 10.3 Å². The van der Waals surface area contributed by atoms with Crippen LogP contribution in [-0.2, 0) is 0 Å². The third kappa shape index (κ3) is 3.60. The summed E-state index contributed by atoms with van der Waals surface area (Å²) < 4.78 is 13.1. The van der Waals surface area contributed by atoms with E-state index in [0.29, 0.717) is 11.3 Å². The highest BCUT2D eigenvalue weighted by atomic mass is 35.5. The molecule has 0 aliphatic rings. The molecule has 0 saturated carbocycles. The molecule has 0 bridgehead atoms. The monoisotopic (exact) mass is 340 g/mol. The van der Waals surface area contributed by atoms with Crippen molar-refractivity contribution in [1.29, 1.82) is 0 Å². The van der Waals surface area contributed by atoms with Crippen LogP contribution in [0.1, 0.15) is 15.9 Å². The van der Waals surface area contributed by atoms with E-state index in [4.69, 9.17) is 11.6 Å². The molecule has 5 heteroatoms. The average Bonchev–Trinajstić information content (AvgIpc) is 2.58. The van der Waals surface area contributed by atoms with E-state index >= 15 is 0 Å². The van der Waals surface area contributed by atoms with Crippen LogP contribution in [0.3, 0.4) is 0 Å². The molecule has 0 spiro atoms. The number of pyridine rings is 1. The zero-order chi connectivity index (χ0) is 17.1. The SMILES string of the molecule is Cc1cccc(-c2ccc(C(=O)Nc3ccc(F)c(Cl)c3)cn2)c1. The molecule has 1 aromatic heterocycles. The van der Waals surface area contributed by atoms with Gasteiger partial charge in [0, 0.05) is 17.4 Å². The summed E-state index contributed by atoms with van der Waals surface area (Å²) in [4.78, 5) is 16.6. The van der Waals surface area contributed by atoms with Gasteiger partial charge in [-0.2, -0.15) is 0 Å². The summed E-state index contributed by atoms with van der Waals surface area (Å²) in [5, 5.41) is 2.62. The van der Waals surface area contributed by atoms with Gasteiger partial charge in [0.05, 0.1) is 16.3 Å². The van der Waals surface area contributed by atoms with Gasteiger partial charge in [0.1, 0.15) is 5.82 Å². The van der Waals surface area contributed by atoms with Gasteiger partial charge < -0.3 is 5.32 Å². The fraction of sp³-hybridized carbons (Fsp3) is 0.0526. The van der Waals surface area contributed by atoms with Crippen LogP contribution in [0.2, 0.25) is 5.02 Å². The van der Waals surface area contributed by atoms with Crippen LogP contribution in [0.4, 0.5) is 10.1 Å². The summed E-state index contributed by atoms with van der Waals surface area (Å²) in [6, 6.07) is 15.5. The van der Waals surface area contributed by atoms with Crippen molar-refractivity contribution in [3.05, 3.63) is 82.8 Å². The van der Waals surface area contributed by atoms with Crippen molar-refractivity contribution >= 4 is 23.2 Å². The summed E-state index contributed by atoms with van der Waals surface area (Å²) in [6.45, 7) is 2.01. The van der Waals surface area contributed by atoms with E-state index in [9.17, 15) is 9.18 Å². The third-order valence-electron chi connectivity index (χ3n) is 3.52. The molecule has 0 unspecified atom stereocenters. The molecule has 0 radical (unpaired) electrons. The van der Waals surface area contributed by atoms with E-state index in [0.717, 1.165) is 16.8 Å². The van der Waals surface area contributed by atoms with E-state index < -0.39 is 5.82 Å². The van der Waals surface area contributed by atoms with Gasteiger partial charge >= 0.3 is 0 Å². The standard InChI is InChI=1S/C19H14ClFN2O/c1-12-3-2-4-13(9-12)18-8-5-14(11-22-18)19(24)23-15-6-7-17(21)16(20)10-15/h2-11H,1H3,(H,23,24). The highest BCUT2D eigenvalue weighted by molar-refractivity contribution is 6.31. The molecule has 24 heavy (non-hydrogen) atoms. The second-order valence-electron chi connectivity index (χ2n) is 5.38. The Hall–Kier alpha value is -2.72. The number of carbonyl (C=O) groups is 1. The third-order valence-corrected chi connectivity index (χ3v) is 3.81. The van der Waals surface area contributed by atoms with Crippen LogP contribution >= 0.6 is 11.6 Å². The molecule has 120 valence electrons. The van der Waals surface area contributed by atoms with Crippen LogP contribution < -0.4 is 5.32 Å². The lowest BCUT2D eigenvalue weighted by molar-refractivity contribution is 0.102. The number of hydrogen-bond acceptors (Lipinski definition) is 2. The van der Waals surface area contributed by atoms with Crippen molar-refractivity contribution in [3.8, 4) is 11.3 Å². The second-order valence-corrected chi connectivity index (χ2v) is 5.79. The highest BCUT2D eigenvalue weighted by Crippen LogP contribution is 2.21. The van der Waals surface area contributed by atoms with Gasteiger partial charge in [-0.1, -0.05) is 35.4 Å². The fourth-order valence-electron chi connectivity index (χ4n) is 2.28. The number of carbonyl (C=O) groups excluding carboxylic acids is 1. The van der Waals surface area contributed by atoms with Crippen molar-refractivity contribution < 1.29 is 9.18 Å². The van der Waals surface area contributed by atoms with Crippen molar-refractivity contribution in [2.75, 3.05) is 5.32 Å². The summed E-state index contributed by atoms with van der Waals surface area (Å²) in [5.41, 5.74) is 3.76. The molecule has 0 fully saturated rings. The van der Waals surface area contributed by atoms with Gasteiger partial charge in [0.25, 0.3) is 5.91 Å². The van der Waals surface area contributed by atoms with Crippen LogP contribution in [0, 0.1) is 12.7 Å². The minimum atomic E-state index is -0.529. The predicted molar refractivity (Wildman–Crippen MR) is 93.8 cm³/mol. The molecule has 2 aromatic carbocycles. The second kappa shape index (κ2) is 6.81. The normalized spacial score (nSPS) is 10.5. The number of amides is 1. The Bertz CT molecular complexity index is 894. The van der Waals surface area contributed by atoms with Crippen LogP contribution in [0.25, 0.3) is 11.3 Å². The van der Waals surface area contributed by atoms with E-state index in [1.165, 1.54) is 24.4 Å². The molecule has 1 amide bonds. The molecule has 0 aliphatic heterocycles. The van der Waals surface area contributed by atoms with Crippen LogP contribution in [-0.4, -0.2) is 10.9 Å². The molecule has 0 saturated heterocycles. The number of nitrogens with one attached hydrogen (secondary N) is 1. The van der Waals surface area contributed by atoms with Gasteiger partial charge in [-0.25, -0.2) is 4.39 Å². The van der Waals surface area contributed by atoms with Crippen LogP contribution in [0.15, 0.2) is 60.8 Å². The fourth-order valence-corrected chi connectivity index (χ4v) is 2.46. The largest absolute Gasteiger partial charge is 0.322 e. The number of anilines is 1. The minimum Gasteiger partial charge on any atom is -0.322 e. The Morgan fingerprint density at radius 3 is 2.62 bits per heavy atom. The summed E-state index contributed by atoms with van der Waals surface area (Å²) >= 11 is 5.71. The molecule has 3 rings (SSSR count). The average molecular weight is 341 g/mol. The first-order valence-corrected chi connectivity index (χ1v) is 7.70. The van der Waals surface area contributed by atoms with Gasteiger partial charge in [-0.3, -0.25) is 9.78 Å². The minimum absolute atomic E-state index is 0.0410. The number of aromatic nitrogens is 1. The Morgan fingerprint density at radius 2 is 1.96 bits per heavy atom. The lowest BCUT2D eigenvalue weighted by Crippen LogP contribution is -2.12. The Labute approximate surface area is 144 Å². The highest BCUT2D eigenvalue weighted by Gasteiger charge is 2.09. The lowest BCUT2D eigenvalue weighted by Gasteiger charge is -2.07. The number of aryl methyl sites for hydroxylation is 1. The van der Waals surface area contributed by atoms with Crippen molar-refractivity contribution in [2.24, 2.45) is 0 Å². The number of rotatable bonds is 3. The van der Waals surface area contributed by atoms with E-state index in [-0.39, 0.29) is 10.9 Å². The molecule has 3 aromatic rings. The molecule has 1 heterocycles. The zero-order valence-electron chi connectivity index (χ0n) is 12.9. The smallest absolute Gasteiger partial charge is 0.257 e. The van der Waals surface area contributed by atoms with E-state index in [1.54, 1.807) is 12.1 Å². The number of benzene rings is 2. The predicted octanol–water partition coefficient (Wildman–Crippen LogP) is 5.10.